The molecule has 1 N–H and O–H groups in total. The number of rotatable bonds is 5. The molecule has 0 aliphatic rings. The van der Waals surface area contributed by atoms with Crippen LogP contribution in [0.3, 0.4) is 0 Å². The average Bonchev–Trinajstić information content (AvgIpc) is 2.83. The van der Waals surface area contributed by atoms with Crippen LogP contribution in [0.4, 0.5) is 5.69 Å². The van der Waals surface area contributed by atoms with Crippen LogP contribution in [-0.4, -0.2) is 27.3 Å². The number of esters is 1. The summed E-state index contributed by atoms with van der Waals surface area (Å²) in [5, 5.41) is 7.27. The minimum Gasteiger partial charge on any atom is -0.462 e. The zero-order valence-corrected chi connectivity index (χ0v) is 11.0. The van der Waals surface area contributed by atoms with Crippen molar-refractivity contribution in [1.29, 1.82) is 0 Å². The lowest BCUT2D eigenvalue weighted by atomic mass is 10.2. The third kappa shape index (κ3) is 3.54. The highest BCUT2D eigenvalue weighted by molar-refractivity contribution is 5.90. The smallest absolute Gasteiger partial charge is 0.339 e. The van der Waals surface area contributed by atoms with Crippen LogP contribution in [0, 0.1) is 0 Å². The molecule has 0 amide bonds. The molecule has 0 aliphatic heterocycles. The Labute approximate surface area is 111 Å². The fraction of sp³-hybridized carbons (Fsp3) is 0.308. The van der Waals surface area contributed by atoms with Gasteiger partial charge < -0.3 is 10.1 Å². The normalized spacial score (nSPS) is 10.2. The molecule has 0 bridgehead atoms. The Kier molecular flexibility index (Phi) is 4.12. The predicted octanol–water partition coefficient (Wildman–Crippen LogP) is 1.60. The van der Waals surface area contributed by atoms with Crippen LogP contribution in [0.15, 0.2) is 30.9 Å². The lowest BCUT2D eigenvalue weighted by molar-refractivity contribution is 0.0526. The number of anilines is 1. The second-order valence-electron chi connectivity index (χ2n) is 4.06. The van der Waals surface area contributed by atoms with Gasteiger partial charge in [0.15, 0.2) is 0 Å². The van der Waals surface area contributed by atoms with E-state index in [9.17, 15) is 4.79 Å². The molecule has 0 saturated carbocycles. The molecule has 2 aromatic rings. The van der Waals surface area contributed by atoms with Gasteiger partial charge >= 0.3 is 5.97 Å². The summed E-state index contributed by atoms with van der Waals surface area (Å²) in [6.07, 6.45) is 6.87. The van der Waals surface area contributed by atoms with Gasteiger partial charge in [-0.25, -0.2) is 4.79 Å². The monoisotopic (exact) mass is 260 g/mol. The largest absolute Gasteiger partial charge is 0.462 e. The molecular weight excluding hydrogens is 244 g/mol. The molecular formula is C13H16N4O2. The number of hydrogen-bond acceptors (Lipinski definition) is 5. The number of carbonyl (C=O) groups excluding carboxylic acids is 1. The van der Waals surface area contributed by atoms with Crippen molar-refractivity contribution >= 4 is 11.7 Å². The molecule has 2 aromatic heterocycles. The maximum Gasteiger partial charge on any atom is 0.339 e. The highest BCUT2D eigenvalue weighted by Gasteiger charge is 2.07. The van der Waals surface area contributed by atoms with Gasteiger partial charge in [0.2, 0.25) is 0 Å². The Hall–Kier alpha value is -2.37. The molecule has 0 saturated heterocycles. The van der Waals surface area contributed by atoms with Crippen molar-refractivity contribution in [2.24, 2.45) is 7.05 Å². The minimum atomic E-state index is -0.361. The molecule has 100 valence electrons. The summed E-state index contributed by atoms with van der Waals surface area (Å²) in [4.78, 5) is 15.6. The van der Waals surface area contributed by atoms with E-state index in [2.05, 4.69) is 15.4 Å². The Morgan fingerprint density at radius 1 is 1.42 bits per heavy atom. The Bertz CT molecular complexity index is 565. The van der Waals surface area contributed by atoms with E-state index >= 15 is 0 Å². The average molecular weight is 260 g/mol. The van der Waals surface area contributed by atoms with E-state index in [0.29, 0.717) is 18.7 Å². The quantitative estimate of drug-likeness (QED) is 0.827. The number of nitrogens with zero attached hydrogens (tertiary/aromatic N) is 3. The number of ether oxygens (including phenoxy) is 1. The van der Waals surface area contributed by atoms with Crippen LogP contribution in [0.2, 0.25) is 0 Å². The topological polar surface area (TPSA) is 69.0 Å². The second kappa shape index (κ2) is 5.99. The predicted molar refractivity (Wildman–Crippen MR) is 70.7 cm³/mol. The van der Waals surface area contributed by atoms with Gasteiger partial charge in [-0.05, 0) is 13.0 Å². The zero-order chi connectivity index (χ0) is 13.7. The first-order chi connectivity index (χ1) is 9.19. The summed E-state index contributed by atoms with van der Waals surface area (Å²) < 4.78 is 6.67. The molecule has 0 unspecified atom stereocenters. The molecule has 19 heavy (non-hydrogen) atoms. The van der Waals surface area contributed by atoms with Crippen molar-refractivity contribution in [2.75, 3.05) is 11.9 Å². The van der Waals surface area contributed by atoms with Gasteiger partial charge in [0.1, 0.15) is 0 Å². The first kappa shape index (κ1) is 13.1. The summed E-state index contributed by atoms with van der Waals surface area (Å²) in [6, 6.07) is 1.72. The zero-order valence-electron chi connectivity index (χ0n) is 11.0. The summed E-state index contributed by atoms with van der Waals surface area (Å²) >= 11 is 0. The number of pyridine rings is 1. The van der Waals surface area contributed by atoms with Crippen molar-refractivity contribution in [2.45, 2.75) is 13.5 Å². The second-order valence-corrected chi connectivity index (χ2v) is 4.06. The summed E-state index contributed by atoms with van der Waals surface area (Å²) in [6.45, 7) is 2.75. The molecule has 2 heterocycles. The molecule has 0 aliphatic carbocycles. The van der Waals surface area contributed by atoms with E-state index in [1.54, 1.807) is 30.1 Å². The first-order valence-electron chi connectivity index (χ1n) is 6.02. The van der Waals surface area contributed by atoms with Crippen molar-refractivity contribution in [3.05, 3.63) is 42.0 Å². The first-order valence-corrected chi connectivity index (χ1v) is 6.02. The molecule has 0 radical (unpaired) electrons. The van der Waals surface area contributed by atoms with E-state index in [0.717, 1.165) is 11.3 Å². The van der Waals surface area contributed by atoms with Crippen LogP contribution in [0.5, 0.6) is 0 Å². The molecule has 0 aromatic carbocycles. The maximum absolute atomic E-state index is 11.6. The summed E-state index contributed by atoms with van der Waals surface area (Å²) in [5.74, 6) is -0.361. The number of aryl methyl sites for hydroxylation is 1. The Morgan fingerprint density at radius 2 is 2.26 bits per heavy atom. The fourth-order valence-electron chi connectivity index (χ4n) is 1.63. The number of nitrogens with one attached hydrogen (secondary N) is 1. The van der Waals surface area contributed by atoms with E-state index < -0.39 is 0 Å². The van der Waals surface area contributed by atoms with Gasteiger partial charge in [-0.3, -0.25) is 9.67 Å². The number of hydrogen-bond donors (Lipinski definition) is 1. The molecule has 2 rings (SSSR count). The van der Waals surface area contributed by atoms with E-state index in [4.69, 9.17) is 4.74 Å². The molecule has 0 atom stereocenters. The van der Waals surface area contributed by atoms with Crippen molar-refractivity contribution in [3.63, 3.8) is 0 Å². The highest BCUT2D eigenvalue weighted by atomic mass is 16.5. The molecule has 0 fully saturated rings. The van der Waals surface area contributed by atoms with Crippen molar-refractivity contribution in [1.82, 2.24) is 14.8 Å². The Morgan fingerprint density at radius 3 is 2.95 bits per heavy atom. The summed E-state index contributed by atoms with van der Waals surface area (Å²) in [5.41, 5.74) is 2.27. The SMILES string of the molecule is CCOC(=O)c1cncc(NCc2cnn(C)c2)c1. The third-order valence-electron chi connectivity index (χ3n) is 2.50. The van der Waals surface area contributed by atoms with Gasteiger partial charge in [0.25, 0.3) is 0 Å². The van der Waals surface area contributed by atoms with E-state index in [1.807, 2.05) is 13.2 Å². The molecule has 6 nitrogen and oxygen atoms in total. The van der Waals surface area contributed by atoms with Gasteiger partial charge in [0, 0.05) is 37.7 Å². The minimum absolute atomic E-state index is 0.353. The lowest BCUT2D eigenvalue weighted by Gasteiger charge is -2.06. The molecule has 6 heteroatoms. The maximum atomic E-state index is 11.6. The van der Waals surface area contributed by atoms with E-state index in [1.165, 1.54) is 6.20 Å². The van der Waals surface area contributed by atoms with Crippen LogP contribution in [0.25, 0.3) is 0 Å². The fourth-order valence-corrected chi connectivity index (χ4v) is 1.63. The van der Waals surface area contributed by atoms with Gasteiger partial charge in [-0.2, -0.15) is 5.10 Å². The third-order valence-corrected chi connectivity index (χ3v) is 2.50. The van der Waals surface area contributed by atoms with Crippen LogP contribution >= 0.6 is 0 Å². The van der Waals surface area contributed by atoms with Gasteiger partial charge in [0.05, 0.1) is 24.1 Å². The highest BCUT2D eigenvalue weighted by Crippen LogP contribution is 2.11. The standard InChI is InChI=1S/C13H16N4O2/c1-3-19-13(18)11-4-12(8-14-7-11)15-5-10-6-16-17(2)9-10/h4,6-9,15H,3,5H2,1-2H3. The van der Waals surface area contributed by atoms with Gasteiger partial charge in [-0.15, -0.1) is 0 Å². The lowest BCUT2D eigenvalue weighted by Crippen LogP contribution is -2.06. The van der Waals surface area contributed by atoms with Crippen molar-refractivity contribution in [3.8, 4) is 0 Å². The van der Waals surface area contributed by atoms with Crippen molar-refractivity contribution < 1.29 is 9.53 Å². The number of carbonyl (C=O) groups is 1. The summed E-state index contributed by atoms with van der Waals surface area (Å²) in [7, 11) is 1.87. The van der Waals surface area contributed by atoms with Crippen LogP contribution in [0.1, 0.15) is 22.8 Å². The van der Waals surface area contributed by atoms with Gasteiger partial charge in [-0.1, -0.05) is 0 Å². The van der Waals surface area contributed by atoms with E-state index in [-0.39, 0.29) is 5.97 Å². The number of aromatic nitrogens is 3. The molecule has 0 spiro atoms. The Balaban J connectivity index is 2.00. The van der Waals surface area contributed by atoms with Crippen LogP contribution in [-0.2, 0) is 18.3 Å². The van der Waals surface area contributed by atoms with Crippen LogP contribution < -0.4 is 5.32 Å².